The second-order valence-electron chi connectivity index (χ2n) is 14.8. The molecule has 0 amide bonds. The van der Waals surface area contributed by atoms with Crippen LogP contribution in [0.2, 0.25) is 0 Å². The van der Waals surface area contributed by atoms with Crippen LogP contribution >= 0.6 is 0 Å². The summed E-state index contributed by atoms with van der Waals surface area (Å²) in [5.74, 6) is -4.08. The van der Waals surface area contributed by atoms with E-state index in [1.807, 2.05) is 63.2 Å². The van der Waals surface area contributed by atoms with E-state index in [1.165, 1.54) is 21.1 Å². The highest BCUT2D eigenvalue weighted by atomic mass is 16.8. The van der Waals surface area contributed by atoms with Crippen LogP contribution in [0.15, 0.2) is 54.6 Å². The van der Waals surface area contributed by atoms with Gasteiger partial charge in [-0.3, -0.25) is 9.59 Å². The van der Waals surface area contributed by atoms with E-state index in [1.54, 1.807) is 19.1 Å². The first-order valence-electron chi connectivity index (χ1n) is 16.5. The molecule has 2 saturated carbocycles. The quantitative estimate of drug-likeness (QED) is 0.302. The molecule has 2 aromatic rings. The van der Waals surface area contributed by atoms with Gasteiger partial charge in [0.2, 0.25) is 12.6 Å². The summed E-state index contributed by atoms with van der Waals surface area (Å²) < 4.78 is 43.4. The Morgan fingerprint density at radius 3 is 2.23 bits per heavy atom. The van der Waals surface area contributed by atoms with Crippen LogP contribution in [0.25, 0.3) is 11.1 Å². The van der Waals surface area contributed by atoms with E-state index >= 15 is 0 Å². The van der Waals surface area contributed by atoms with Crippen molar-refractivity contribution in [2.75, 3.05) is 14.2 Å². The average molecular weight is 663 g/mol. The molecule has 11 heteroatoms. The minimum Gasteiger partial charge on any atom is -0.469 e. The molecule has 3 heterocycles. The summed E-state index contributed by atoms with van der Waals surface area (Å²) in [5, 5.41) is 0. The molecule has 256 valence electrons. The highest BCUT2D eigenvalue weighted by molar-refractivity contribution is 5.90. The number of hydrogen-bond acceptors (Lipinski definition) is 11. The molecule has 7 rings (SSSR count). The van der Waals surface area contributed by atoms with Crippen molar-refractivity contribution < 1.29 is 52.3 Å². The number of methoxy groups -OCH3 is 2. The van der Waals surface area contributed by atoms with Crippen molar-refractivity contribution in [3.63, 3.8) is 0 Å². The molecule has 11 atom stereocenters. The first-order chi connectivity index (χ1) is 22.8. The van der Waals surface area contributed by atoms with E-state index in [4.69, 9.17) is 33.2 Å². The highest BCUT2D eigenvalue weighted by Crippen LogP contribution is 2.84. The minimum absolute atomic E-state index is 0.287. The van der Waals surface area contributed by atoms with Gasteiger partial charge < -0.3 is 33.2 Å². The van der Waals surface area contributed by atoms with Gasteiger partial charge in [-0.25, -0.2) is 9.59 Å². The lowest BCUT2D eigenvalue weighted by molar-refractivity contribution is -0.253. The summed E-state index contributed by atoms with van der Waals surface area (Å²) in [4.78, 5) is 53.5. The Morgan fingerprint density at radius 2 is 1.62 bits per heavy atom. The highest BCUT2D eigenvalue weighted by Gasteiger charge is 2.97. The lowest BCUT2D eigenvalue weighted by Gasteiger charge is -2.48. The monoisotopic (exact) mass is 662 g/mol. The molecule has 2 aliphatic carbocycles. The molecule has 2 spiro atoms. The Kier molecular flexibility index (Phi) is 7.58. The molecule has 5 aliphatic rings. The molecular weight excluding hydrogens is 620 g/mol. The SMILES string of the molecule is COC(=O)C(C)[C@H]1CCC23C4O[C@H](OC(=O)c5ccc(-c6ccccc6)cc5)C12OC1OC(=O)[C@H](OC)C13[C@H](C(C)(C)C)[C@H]4OC(C)=O. The van der Waals surface area contributed by atoms with Crippen LogP contribution in [0.3, 0.4) is 0 Å². The molecule has 0 bridgehead atoms. The molecule has 0 aromatic heterocycles. The summed E-state index contributed by atoms with van der Waals surface area (Å²) >= 11 is 0. The fourth-order valence-corrected chi connectivity index (χ4v) is 10.5. The van der Waals surface area contributed by atoms with Crippen LogP contribution in [-0.2, 0) is 47.5 Å². The van der Waals surface area contributed by atoms with Crippen molar-refractivity contribution in [2.45, 2.75) is 84.0 Å². The normalized spacial score (nSPS) is 38.1. The van der Waals surface area contributed by atoms with Gasteiger partial charge in [-0.15, -0.1) is 0 Å². The van der Waals surface area contributed by atoms with Crippen LogP contribution in [0.1, 0.15) is 57.8 Å². The lowest BCUT2D eigenvalue weighted by Crippen LogP contribution is -2.61. The summed E-state index contributed by atoms with van der Waals surface area (Å²) in [7, 11) is 2.77. The van der Waals surface area contributed by atoms with Gasteiger partial charge in [0.1, 0.15) is 17.8 Å². The lowest BCUT2D eigenvalue weighted by atomic mass is 9.51. The maximum Gasteiger partial charge on any atom is 0.340 e. The van der Waals surface area contributed by atoms with E-state index in [0.717, 1.165) is 11.1 Å². The van der Waals surface area contributed by atoms with Gasteiger partial charge in [0.15, 0.2) is 6.10 Å². The first kappa shape index (κ1) is 32.7. The van der Waals surface area contributed by atoms with Gasteiger partial charge >= 0.3 is 23.9 Å². The molecule has 0 N–H and O–H groups in total. The smallest absolute Gasteiger partial charge is 0.340 e. The summed E-state index contributed by atoms with van der Waals surface area (Å²) in [6.45, 7) is 9.10. The van der Waals surface area contributed by atoms with Crippen molar-refractivity contribution in [2.24, 2.45) is 34.0 Å². The number of benzene rings is 2. The molecule has 2 aromatic carbocycles. The molecule has 11 nitrogen and oxygen atoms in total. The van der Waals surface area contributed by atoms with Gasteiger partial charge in [-0.2, -0.15) is 0 Å². The number of ether oxygens (including phenoxy) is 7. The topological polar surface area (TPSA) is 133 Å². The zero-order chi connectivity index (χ0) is 34.4. The van der Waals surface area contributed by atoms with Gasteiger partial charge in [-0.1, -0.05) is 70.2 Å². The van der Waals surface area contributed by atoms with E-state index in [0.29, 0.717) is 12.8 Å². The van der Waals surface area contributed by atoms with Gasteiger partial charge in [0, 0.05) is 25.9 Å². The van der Waals surface area contributed by atoms with Crippen molar-refractivity contribution in [3.05, 3.63) is 60.2 Å². The summed E-state index contributed by atoms with van der Waals surface area (Å²) in [5.41, 5.74) is -2.18. The largest absolute Gasteiger partial charge is 0.469 e. The van der Waals surface area contributed by atoms with Gasteiger partial charge in [-0.05, 0) is 41.5 Å². The number of rotatable bonds is 7. The second-order valence-corrected chi connectivity index (χ2v) is 14.8. The van der Waals surface area contributed by atoms with Crippen LogP contribution in [0.4, 0.5) is 0 Å². The Labute approximate surface area is 279 Å². The molecular formula is C37H42O11. The number of esters is 4. The number of hydrogen-bond donors (Lipinski definition) is 0. The van der Waals surface area contributed by atoms with Gasteiger partial charge in [0.05, 0.1) is 29.4 Å². The molecule has 5 fully saturated rings. The third kappa shape index (κ3) is 4.04. The zero-order valence-electron chi connectivity index (χ0n) is 28.2. The number of carbonyl (C=O) groups is 4. The van der Waals surface area contributed by atoms with Crippen molar-refractivity contribution in [3.8, 4) is 11.1 Å². The second kappa shape index (κ2) is 11.1. The Morgan fingerprint density at radius 1 is 0.958 bits per heavy atom. The summed E-state index contributed by atoms with van der Waals surface area (Å²) in [6, 6.07) is 16.8. The fourth-order valence-electron chi connectivity index (χ4n) is 10.5. The minimum atomic E-state index is -1.48. The predicted octanol–water partition coefficient (Wildman–Crippen LogP) is 4.70. The predicted molar refractivity (Wildman–Crippen MR) is 168 cm³/mol. The van der Waals surface area contributed by atoms with E-state index in [-0.39, 0.29) is 5.56 Å². The molecule has 6 unspecified atom stereocenters. The molecule has 0 radical (unpaired) electrons. The number of carbonyl (C=O) groups excluding carboxylic acids is 4. The van der Waals surface area contributed by atoms with E-state index in [9.17, 15) is 19.2 Å². The molecule has 3 saturated heterocycles. The van der Waals surface area contributed by atoms with Crippen molar-refractivity contribution >= 4 is 23.9 Å². The summed E-state index contributed by atoms with van der Waals surface area (Å²) in [6.07, 6.45) is -4.49. The zero-order valence-corrected chi connectivity index (χ0v) is 28.2. The van der Waals surface area contributed by atoms with Crippen molar-refractivity contribution in [1.82, 2.24) is 0 Å². The Bertz CT molecular complexity index is 1630. The van der Waals surface area contributed by atoms with Gasteiger partial charge in [0.25, 0.3) is 0 Å². The standard InChI is InChI=1S/C37H42O11/c1-19(29(39)43-7)24-17-18-35-27-25(44-20(2)38)26(34(3,4)5)36(35)28(42-6)31(41)47-32(36)48-37(24,35)33(45-27)46-30(40)23-15-13-22(14-16-23)21-11-9-8-10-12-21/h8-16,19,24-28,32-33H,17-18H2,1-7H3/t19?,24-,25-,26+,27?,28+,32?,33-,35?,36?,37?/m1/s1. The van der Waals surface area contributed by atoms with Crippen LogP contribution in [0, 0.1) is 34.0 Å². The maximum absolute atomic E-state index is 13.9. The molecule has 48 heavy (non-hydrogen) atoms. The van der Waals surface area contributed by atoms with E-state index < -0.39 is 94.4 Å². The maximum atomic E-state index is 13.9. The van der Waals surface area contributed by atoms with Crippen LogP contribution in [0.5, 0.6) is 0 Å². The van der Waals surface area contributed by atoms with E-state index in [2.05, 4.69) is 0 Å². The first-order valence-corrected chi connectivity index (χ1v) is 16.5. The van der Waals surface area contributed by atoms with Crippen molar-refractivity contribution in [1.29, 1.82) is 0 Å². The fraction of sp³-hybridized carbons (Fsp3) is 0.568. The third-order valence-electron chi connectivity index (χ3n) is 11.8. The van der Waals surface area contributed by atoms with Crippen LogP contribution in [-0.4, -0.2) is 74.6 Å². The Hall–Kier alpha value is -3.80. The third-order valence-corrected chi connectivity index (χ3v) is 11.8. The Balaban J connectivity index is 1.37. The average Bonchev–Trinajstić information content (AvgIpc) is 3.75. The molecule has 3 aliphatic heterocycles. The van der Waals surface area contributed by atoms with Crippen LogP contribution < -0.4 is 0 Å².